The van der Waals surface area contributed by atoms with Crippen LogP contribution in [0.15, 0.2) is 36.9 Å². The highest BCUT2D eigenvalue weighted by Crippen LogP contribution is 2.44. The maximum absolute atomic E-state index is 11.2. The quantitative estimate of drug-likeness (QED) is 0.601. The second kappa shape index (κ2) is 7.98. The highest BCUT2D eigenvalue weighted by atomic mass is 31.2. The van der Waals surface area contributed by atoms with Gasteiger partial charge in [0.15, 0.2) is 5.65 Å². The van der Waals surface area contributed by atoms with Crippen LogP contribution in [0.1, 0.15) is 62.6 Å². The summed E-state index contributed by atoms with van der Waals surface area (Å²) >= 11 is 0. The molecular formula is C21H27N4O3P. The molecule has 0 spiro atoms. The molecule has 4 rings (SSSR count). The number of imidazole rings is 1. The van der Waals surface area contributed by atoms with Gasteiger partial charge in [-0.25, -0.2) is 15.0 Å². The van der Waals surface area contributed by atoms with Crippen LogP contribution >= 0.6 is 7.60 Å². The SMILES string of the molecule is CC(C)c1ncnc2c1ncn2-c1ccc(C2CCC(CP(=O)(O)O)CC2)cc1. The van der Waals surface area contributed by atoms with Crippen molar-refractivity contribution in [3.05, 3.63) is 48.2 Å². The highest BCUT2D eigenvalue weighted by molar-refractivity contribution is 7.51. The Morgan fingerprint density at radius 1 is 1.07 bits per heavy atom. The Balaban J connectivity index is 1.50. The molecule has 0 amide bonds. The molecule has 1 aliphatic rings. The summed E-state index contributed by atoms with van der Waals surface area (Å²) in [5, 5.41) is 0. The smallest absolute Gasteiger partial charge is 0.324 e. The zero-order valence-electron chi connectivity index (χ0n) is 16.8. The fourth-order valence-corrected chi connectivity index (χ4v) is 5.42. The van der Waals surface area contributed by atoms with Gasteiger partial charge in [0.2, 0.25) is 0 Å². The van der Waals surface area contributed by atoms with Crippen molar-refractivity contribution in [2.75, 3.05) is 6.16 Å². The summed E-state index contributed by atoms with van der Waals surface area (Å²) in [5.41, 5.74) is 4.91. The maximum Gasteiger partial charge on any atom is 0.325 e. The van der Waals surface area contributed by atoms with E-state index in [4.69, 9.17) is 0 Å². The average Bonchev–Trinajstić information content (AvgIpc) is 3.11. The van der Waals surface area contributed by atoms with Crippen LogP contribution in [0.25, 0.3) is 16.9 Å². The Labute approximate surface area is 170 Å². The second-order valence-electron chi connectivity index (χ2n) is 8.36. The van der Waals surface area contributed by atoms with Gasteiger partial charge in [-0.15, -0.1) is 0 Å². The van der Waals surface area contributed by atoms with E-state index in [1.807, 2.05) is 4.57 Å². The molecule has 0 aliphatic heterocycles. The topological polar surface area (TPSA) is 101 Å². The van der Waals surface area contributed by atoms with Gasteiger partial charge >= 0.3 is 7.60 Å². The molecule has 8 heteroatoms. The molecule has 0 radical (unpaired) electrons. The zero-order valence-corrected chi connectivity index (χ0v) is 17.7. The van der Waals surface area contributed by atoms with Crippen molar-refractivity contribution >= 4 is 18.8 Å². The fourth-order valence-electron chi connectivity index (χ4n) is 4.39. The Morgan fingerprint density at radius 2 is 1.76 bits per heavy atom. The van der Waals surface area contributed by atoms with E-state index in [2.05, 4.69) is 53.1 Å². The summed E-state index contributed by atoms with van der Waals surface area (Å²) in [6.45, 7) is 4.20. The molecule has 1 fully saturated rings. The van der Waals surface area contributed by atoms with E-state index in [1.54, 1.807) is 12.7 Å². The Hall–Kier alpha value is -2.08. The lowest BCUT2D eigenvalue weighted by atomic mass is 9.79. The molecular weight excluding hydrogens is 387 g/mol. The molecule has 2 N–H and O–H groups in total. The third-order valence-corrected chi connectivity index (χ3v) is 6.89. The van der Waals surface area contributed by atoms with Gasteiger partial charge in [-0.2, -0.15) is 0 Å². The molecule has 154 valence electrons. The van der Waals surface area contributed by atoms with Crippen LogP contribution in [-0.4, -0.2) is 35.5 Å². The molecule has 0 atom stereocenters. The predicted octanol–water partition coefficient (Wildman–Crippen LogP) is 4.39. The van der Waals surface area contributed by atoms with E-state index in [-0.39, 0.29) is 18.0 Å². The molecule has 7 nitrogen and oxygen atoms in total. The third-order valence-electron chi connectivity index (χ3n) is 5.89. The Kier molecular flexibility index (Phi) is 5.56. The summed E-state index contributed by atoms with van der Waals surface area (Å²) in [6.07, 6.45) is 7.11. The lowest BCUT2D eigenvalue weighted by Crippen LogP contribution is -2.16. The van der Waals surface area contributed by atoms with E-state index in [9.17, 15) is 14.4 Å². The van der Waals surface area contributed by atoms with Crippen molar-refractivity contribution in [3.8, 4) is 5.69 Å². The van der Waals surface area contributed by atoms with Crippen LogP contribution < -0.4 is 0 Å². The maximum atomic E-state index is 11.2. The molecule has 0 unspecified atom stereocenters. The average molecular weight is 414 g/mol. The van der Waals surface area contributed by atoms with Crippen LogP contribution in [0.5, 0.6) is 0 Å². The molecule has 0 bridgehead atoms. The largest absolute Gasteiger partial charge is 0.325 e. The Bertz CT molecular complexity index is 1030. The first kappa shape index (κ1) is 20.2. The number of benzene rings is 1. The lowest BCUT2D eigenvalue weighted by molar-refractivity contribution is 0.316. The first-order chi connectivity index (χ1) is 13.8. The van der Waals surface area contributed by atoms with Crippen LogP contribution in [0, 0.1) is 5.92 Å². The van der Waals surface area contributed by atoms with E-state index in [1.165, 1.54) is 5.56 Å². The van der Waals surface area contributed by atoms with Gasteiger partial charge in [0.05, 0.1) is 11.9 Å². The number of nitrogens with zero attached hydrogens (tertiary/aromatic N) is 4. The molecule has 1 saturated carbocycles. The normalized spacial score (nSPS) is 20.4. The number of fused-ring (bicyclic) bond motifs is 1. The molecule has 0 saturated heterocycles. The van der Waals surface area contributed by atoms with Crippen LogP contribution in [0.2, 0.25) is 0 Å². The van der Waals surface area contributed by atoms with Gasteiger partial charge in [-0.05, 0) is 61.1 Å². The van der Waals surface area contributed by atoms with Crippen molar-refractivity contribution < 1.29 is 14.4 Å². The summed E-state index contributed by atoms with van der Waals surface area (Å²) in [4.78, 5) is 31.7. The lowest BCUT2D eigenvalue weighted by Gasteiger charge is -2.29. The van der Waals surface area contributed by atoms with E-state index in [0.717, 1.165) is 48.2 Å². The summed E-state index contributed by atoms with van der Waals surface area (Å²) in [5.74, 6) is 0.872. The molecule has 29 heavy (non-hydrogen) atoms. The van der Waals surface area contributed by atoms with E-state index >= 15 is 0 Å². The molecule has 1 aromatic carbocycles. The molecule has 3 aromatic rings. The number of hydrogen-bond donors (Lipinski definition) is 2. The van der Waals surface area contributed by atoms with Gasteiger partial charge in [0.25, 0.3) is 0 Å². The molecule has 2 heterocycles. The number of rotatable bonds is 5. The van der Waals surface area contributed by atoms with E-state index in [0.29, 0.717) is 5.92 Å². The first-order valence-electron chi connectivity index (χ1n) is 10.1. The van der Waals surface area contributed by atoms with Crippen LogP contribution in [-0.2, 0) is 4.57 Å². The second-order valence-corrected chi connectivity index (χ2v) is 10.1. The summed E-state index contributed by atoms with van der Waals surface area (Å²) < 4.78 is 13.2. The van der Waals surface area contributed by atoms with Crippen molar-refractivity contribution in [2.24, 2.45) is 5.92 Å². The summed E-state index contributed by atoms with van der Waals surface area (Å²) in [6, 6.07) is 8.49. The predicted molar refractivity (Wildman–Crippen MR) is 112 cm³/mol. The zero-order chi connectivity index (χ0) is 20.6. The fraction of sp³-hybridized carbons (Fsp3) is 0.476. The molecule has 1 aliphatic carbocycles. The minimum atomic E-state index is -3.91. The van der Waals surface area contributed by atoms with Crippen molar-refractivity contribution in [1.29, 1.82) is 0 Å². The van der Waals surface area contributed by atoms with Crippen molar-refractivity contribution in [1.82, 2.24) is 19.5 Å². The monoisotopic (exact) mass is 414 g/mol. The van der Waals surface area contributed by atoms with Gasteiger partial charge in [0, 0.05) is 5.69 Å². The third kappa shape index (κ3) is 4.42. The minimum absolute atomic E-state index is 0.0204. The van der Waals surface area contributed by atoms with Crippen molar-refractivity contribution in [3.63, 3.8) is 0 Å². The number of hydrogen-bond acceptors (Lipinski definition) is 4. The number of aromatic nitrogens is 4. The van der Waals surface area contributed by atoms with Gasteiger partial charge in [-0.3, -0.25) is 9.13 Å². The van der Waals surface area contributed by atoms with Gasteiger partial charge in [0.1, 0.15) is 18.2 Å². The minimum Gasteiger partial charge on any atom is -0.324 e. The van der Waals surface area contributed by atoms with E-state index < -0.39 is 7.60 Å². The van der Waals surface area contributed by atoms with Crippen molar-refractivity contribution in [2.45, 2.75) is 51.4 Å². The van der Waals surface area contributed by atoms with Gasteiger partial charge < -0.3 is 9.79 Å². The standard InChI is InChI=1S/C21H27N4O3P/c1-14(2)19-20-21(23-12-22-19)25(13-24-20)18-9-7-17(8-10-18)16-5-3-15(4-6-16)11-29(26,27)28/h7-10,12-16H,3-6,11H2,1-2H3,(H2,26,27,28). The first-order valence-corrected chi connectivity index (χ1v) is 11.9. The Morgan fingerprint density at radius 3 is 2.38 bits per heavy atom. The highest BCUT2D eigenvalue weighted by Gasteiger charge is 2.27. The van der Waals surface area contributed by atoms with Crippen LogP contribution in [0.3, 0.4) is 0 Å². The van der Waals surface area contributed by atoms with Gasteiger partial charge in [-0.1, -0.05) is 26.0 Å². The molecule has 2 aromatic heterocycles. The summed E-state index contributed by atoms with van der Waals surface area (Å²) in [7, 11) is -3.91. The van der Waals surface area contributed by atoms with Crippen LogP contribution in [0.4, 0.5) is 0 Å².